The van der Waals surface area contributed by atoms with Gasteiger partial charge in [-0.25, -0.2) is 0 Å². The first-order chi connectivity index (χ1) is 8.66. The van der Waals surface area contributed by atoms with Gasteiger partial charge in [0.1, 0.15) is 12.4 Å². The van der Waals surface area contributed by atoms with Crippen LogP contribution < -0.4 is 4.74 Å². The summed E-state index contributed by atoms with van der Waals surface area (Å²) in [5.74, 6) is 0.863. The molecule has 92 valence electrons. The van der Waals surface area contributed by atoms with Crippen LogP contribution in [0, 0.1) is 3.57 Å². The van der Waals surface area contributed by atoms with Crippen LogP contribution in [0.25, 0.3) is 0 Å². The van der Waals surface area contributed by atoms with Crippen molar-refractivity contribution in [2.24, 2.45) is 0 Å². The van der Waals surface area contributed by atoms with Crippen molar-refractivity contribution in [3.05, 3.63) is 63.2 Å². The molecule has 18 heavy (non-hydrogen) atoms. The van der Waals surface area contributed by atoms with E-state index in [4.69, 9.17) is 4.74 Å². The minimum Gasteiger partial charge on any atom is -0.489 e. The lowest BCUT2D eigenvalue weighted by atomic mass is 10.1. The zero-order valence-electron chi connectivity index (χ0n) is 10.0. The van der Waals surface area contributed by atoms with Gasteiger partial charge in [-0.1, -0.05) is 30.3 Å². The second-order valence-corrected chi connectivity index (χ2v) is 5.13. The van der Waals surface area contributed by atoms with Crippen molar-refractivity contribution < 1.29 is 9.53 Å². The van der Waals surface area contributed by atoms with Crippen LogP contribution in [0.1, 0.15) is 22.8 Å². The van der Waals surface area contributed by atoms with Gasteiger partial charge in [-0.05, 0) is 53.3 Å². The van der Waals surface area contributed by atoms with E-state index in [2.05, 4.69) is 22.6 Å². The number of carbonyl (C=O) groups excluding carboxylic acids is 1. The summed E-state index contributed by atoms with van der Waals surface area (Å²) >= 11 is 2.15. The molecule has 0 saturated heterocycles. The highest BCUT2D eigenvalue weighted by atomic mass is 127. The molecule has 0 aromatic heterocycles. The number of hydrogen-bond acceptors (Lipinski definition) is 2. The highest BCUT2D eigenvalue weighted by Crippen LogP contribution is 2.21. The molecule has 0 heterocycles. The summed E-state index contributed by atoms with van der Waals surface area (Å²) in [6.07, 6.45) is 0. The molecule has 3 heteroatoms. The SMILES string of the molecule is CC(=O)c1ccc(OCc2ccccc2)cc1I. The molecule has 0 unspecified atom stereocenters. The lowest BCUT2D eigenvalue weighted by Crippen LogP contribution is -1.99. The number of Topliss-reactive ketones (excluding diaryl/α,β-unsaturated/α-hetero) is 1. The largest absolute Gasteiger partial charge is 0.489 e. The third kappa shape index (κ3) is 3.32. The van der Waals surface area contributed by atoms with Gasteiger partial charge in [-0.15, -0.1) is 0 Å². The highest BCUT2D eigenvalue weighted by Gasteiger charge is 2.06. The van der Waals surface area contributed by atoms with Gasteiger partial charge in [-0.2, -0.15) is 0 Å². The average Bonchev–Trinajstić information content (AvgIpc) is 2.37. The third-order valence-corrected chi connectivity index (χ3v) is 3.46. The summed E-state index contributed by atoms with van der Waals surface area (Å²) in [7, 11) is 0. The molecule has 0 aliphatic carbocycles. The fourth-order valence-electron chi connectivity index (χ4n) is 1.61. The van der Waals surface area contributed by atoms with Gasteiger partial charge in [0.15, 0.2) is 5.78 Å². The number of hydrogen-bond donors (Lipinski definition) is 0. The molecule has 0 atom stereocenters. The molecule has 0 fully saturated rings. The van der Waals surface area contributed by atoms with E-state index in [9.17, 15) is 4.79 Å². The van der Waals surface area contributed by atoms with Crippen LogP contribution in [-0.4, -0.2) is 5.78 Å². The van der Waals surface area contributed by atoms with Crippen molar-refractivity contribution >= 4 is 28.4 Å². The minimum atomic E-state index is 0.0778. The smallest absolute Gasteiger partial charge is 0.160 e. The Balaban J connectivity index is 2.07. The Labute approximate surface area is 120 Å². The van der Waals surface area contributed by atoms with Gasteiger partial charge in [0.2, 0.25) is 0 Å². The van der Waals surface area contributed by atoms with E-state index in [1.54, 1.807) is 6.92 Å². The maximum Gasteiger partial charge on any atom is 0.160 e. The Morgan fingerprint density at radius 2 is 1.89 bits per heavy atom. The van der Waals surface area contributed by atoms with Crippen LogP contribution in [-0.2, 0) is 6.61 Å². The molecule has 2 aromatic rings. The van der Waals surface area contributed by atoms with Crippen molar-refractivity contribution in [1.29, 1.82) is 0 Å². The number of halogens is 1. The van der Waals surface area contributed by atoms with Crippen molar-refractivity contribution in [2.75, 3.05) is 0 Å². The molecule has 2 aromatic carbocycles. The van der Waals surface area contributed by atoms with E-state index in [0.717, 1.165) is 20.4 Å². The fraction of sp³-hybridized carbons (Fsp3) is 0.133. The van der Waals surface area contributed by atoms with Crippen LogP contribution in [0.5, 0.6) is 5.75 Å². The second-order valence-electron chi connectivity index (χ2n) is 3.97. The molecule has 0 aliphatic rings. The molecular formula is C15H13IO2. The normalized spacial score (nSPS) is 10.1. The standard InChI is InChI=1S/C15H13IO2/c1-11(17)14-8-7-13(9-15(14)16)18-10-12-5-3-2-4-6-12/h2-9H,10H2,1H3. The molecule has 0 saturated carbocycles. The Morgan fingerprint density at radius 3 is 2.50 bits per heavy atom. The molecule has 0 N–H and O–H groups in total. The van der Waals surface area contributed by atoms with E-state index < -0.39 is 0 Å². The second kappa shape index (κ2) is 6.00. The quantitative estimate of drug-likeness (QED) is 0.613. The predicted molar refractivity (Wildman–Crippen MR) is 79.9 cm³/mol. The number of benzene rings is 2. The van der Waals surface area contributed by atoms with Crippen LogP contribution in [0.3, 0.4) is 0 Å². The minimum absolute atomic E-state index is 0.0778. The van der Waals surface area contributed by atoms with Gasteiger partial charge in [0.25, 0.3) is 0 Å². The molecular weight excluding hydrogens is 339 g/mol. The van der Waals surface area contributed by atoms with Gasteiger partial charge < -0.3 is 4.74 Å². The molecule has 0 amide bonds. The Morgan fingerprint density at radius 1 is 1.17 bits per heavy atom. The average molecular weight is 352 g/mol. The Hall–Kier alpha value is -1.36. The topological polar surface area (TPSA) is 26.3 Å². The van der Waals surface area contributed by atoms with Crippen LogP contribution in [0.2, 0.25) is 0 Å². The van der Waals surface area contributed by atoms with E-state index >= 15 is 0 Å². The maximum atomic E-state index is 11.3. The van der Waals surface area contributed by atoms with Gasteiger partial charge in [0.05, 0.1) is 0 Å². The van der Waals surface area contributed by atoms with Crippen molar-refractivity contribution in [1.82, 2.24) is 0 Å². The lowest BCUT2D eigenvalue weighted by molar-refractivity contribution is 0.101. The molecule has 2 nitrogen and oxygen atoms in total. The van der Waals surface area contributed by atoms with Gasteiger partial charge in [-0.3, -0.25) is 4.79 Å². The first-order valence-corrected chi connectivity index (χ1v) is 6.72. The number of rotatable bonds is 4. The van der Waals surface area contributed by atoms with Gasteiger partial charge in [0, 0.05) is 9.13 Å². The number of ketones is 1. The van der Waals surface area contributed by atoms with Crippen molar-refractivity contribution in [2.45, 2.75) is 13.5 Å². The first kappa shape index (κ1) is 13.1. The molecule has 2 rings (SSSR count). The zero-order valence-corrected chi connectivity index (χ0v) is 12.2. The van der Waals surface area contributed by atoms with Crippen LogP contribution >= 0.6 is 22.6 Å². The summed E-state index contributed by atoms with van der Waals surface area (Å²) < 4.78 is 6.61. The van der Waals surface area contributed by atoms with Gasteiger partial charge >= 0.3 is 0 Å². The summed E-state index contributed by atoms with van der Waals surface area (Å²) in [4.78, 5) is 11.3. The number of carbonyl (C=O) groups is 1. The molecule has 0 spiro atoms. The summed E-state index contributed by atoms with van der Waals surface area (Å²) in [5, 5.41) is 0. The van der Waals surface area contributed by atoms with Crippen molar-refractivity contribution in [3.8, 4) is 5.75 Å². The first-order valence-electron chi connectivity index (χ1n) is 5.64. The van der Waals surface area contributed by atoms with Crippen molar-refractivity contribution in [3.63, 3.8) is 0 Å². The highest BCUT2D eigenvalue weighted by molar-refractivity contribution is 14.1. The van der Waals surface area contributed by atoms with E-state index in [-0.39, 0.29) is 5.78 Å². The van der Waals surface area contributed by atoms with Crippen LogP contribution in [0.15, 0.2) is 48.5 Å². The van der Waals surface area contributed by atoms with E-state index in [1.807, 2.05) is 48.5 Å². The fourth-order valence-corrected chi connectivity index (χ4v) is 2.48. The third-order valence-electron chi connectivity index (χ3n) is 2.57. The molecule has 0 radical (unpaired) electrons. The summed E-state index contributed by atoms with van der Waals surface area (Å²) in [6, 6.07) is 15.5. The summed E-state index contributed by atoms with van der Waals surface area (Å²) in [6.45, 7) is 2.11. The Bertz CT molecular complexity index is 550. The van der Waals surface area contributed by atoms with Crippen LogP contribution in [0.4, 0.5) is 0 Å². The molecule has 0 aliphatic heterocycles. The summed E-state index contributed by atoms with van der Waals surface area (Å²) in [5.41, 5.74) is 1.87. The monoisotopic (exact) mass is 352 g/mol. The maximum absolute atomic E-state index is 11.3. The predicted octanol–water partition coefficient (Wildman–Crippen LogP) is 4.07. The Kier molecular flexibility index (Phi) is 4.36. The van der Waals surface area contributed by atoms with E-state index in [0.29, 0.717) is 6.61 Å². The zero-order chi connectivity index (χ0) is 13.0. The number of ether oxygens (including phenoxy) is 1. The lowest BCUT2D eigenvalue weighted by Gasteiger charge is -2.08. The van der Waals surface area contributed by atoms with E-state index in [1.165, 1.54) is 0 Å². The molecule has 0 bridgehead atoms.